The largest absolute Gasteiger partial charge is 0.473 e. The van der Waals surface area contributed by atoms with Gasteiger partial charge in [0.05, 0.1) is 0 Å². The van der Waals surface area contributed by atoms with Crippen LogP contribution in [0, 0.1) is 0 Å². The number of nitrogens with zero attached hydrogens (tertiary/aromatic N) is 1. The average Bonchev–Trinajstić information content (AvgIpc) is 1.62. The molecule has 0 unspecified atom stereocenters. The topological polar surface area (TPSA) is 29.4 Å². The lowest BCUT2D eigenvalue weighted by molar-refractivity contribution is -0.169. The second-order valence-corrected chi connectivity index (χ2v) is 0.961. The smallest absolute Gasteiger partial charge is 0.262 e. The van der Waals surface area contributed by atoms with Crippen molar-refractivity contribution >= 4 is 12.6 Å². The minimum Gasteiger partial charge on any atom is -0.262 e. The van der Waals surface area contributed by atoms with E-state index in [9.17, 15) is 18.0 Å². The van der Waals surface area contributed by atoms with Gasteiger partial charge in [-0.25, -0.2) is 4.99 Å². The van der Waals surface area contributed by atoms with Gasteiger partial charge in [-0.3, -0.25) is 4.79 Å². The fourth-order valence-corrected chi connectivity index (χ4v) is 0.0896. The van der Waals surface area contributed by atoms with Crippen LogP contribution in [-0.4, -0.2) is 18.8 Å². The predicted octanol–water partition coefficient (Wildman–Crippen LogP) is 0.776. The van der Waals surface area contributed by atoms with Gasteiger partial charge in [0.15, 0.2) is 0 Å². The third kappa shape index (κ3) is 1.72. The molecule has 0 radical (unpaired) electrons. The SMILES string of the molecule is C=NC(=O)C(F)(F)F. The summed E-state index contributed by atoms with van der Waals surface area (Å²) in [6.45, 7) is 2.41. The van der Waals surface area contributed by atoms with Crippen molar-refractivity contribution in [1.82, 2.24) is 0 Å². The molecular weight excluding hydrogens is 123 g/mol. The molecule has 0 saturated carbocycles. The van der Waals surface area contributed by atoms with E-state index >= 15 is 0 Å². The second kappa shape index (κ2) is 1.94. The van der Waals surface area contributed by atoms with E-state index in [1.165, 1.54) is 0 Å². The Labute approximate surface area is 43.0 Å². The molecule has 0 aliphatic heterocycles. The number of carbonyl (C=O) groups excluding carboxylic acids is 1. The Morgan fingerprint density at radius 1 is 1.50 bits per heavy atom. The van der Waals surface area contributed by atoms with Crippen molar-refractivity contribution in [1.29, 1.82) is 0 Å². The van der Waals surface area contributed by atoms with Gasteiger partial charge in [-0.05, 0) is 6.72 Å². The van der Waals surface area contributed by atoms with Crippen LogP contribution in [0.3, 0.4) is 0 Å². The fourth-order valence-electron chi connectivity index (χ4n) is 0.0896. The van der Waals surface area contributed by atoms with Gasteiger partial charge >= 0.3 is 12.1 Å². The normalized spacial score (nSPS) is 10.9. The minimum absolute atomic E-state index is 2.15. The summed E-state index contributed by atoms with van der Waals surface area (Å²) in [6.07, 6.45) is -4.86. The molecule has 0 aliphatic rings. The molecule has 2 nitrogen and oxygen atoms in total. The number of rotatable bonds is 0. The zero-order chi connectivity index (χ0) is 6.78. The summed E-state index contributed by atoms with van der Waals surface area (Å²) >= 11 is 0. The van der Waals surface area contributed by atoms with Crippen molar-refractivity contribution in [2.24, 2.45) is 4.99 Å². The van der Waals surface area contributed by atoms with Gasteiger partial charge < -0.3 is 0 Å². The quantitative estimate of drug-likeness (QED) is 0.440. The highest BCUT2D eigenvalue weighted by atomic mass is 19.4. The second-order valence-electron chi connectivity index (χ2n) is 0.961. The fraction of sp³-hybridized carbons (Fsp3) is 0.333. The lowest BCUT2D eigenvalue weighted by atomic mass is 10.6. The number of hydrogen-bond acceptors (Lipinski definition) is 1. The number of aliphatic imine (C=N–C) groups is 1. The molecule has 0 saturated heterocycles. The number of alkyl halides is 3. The maximum Gasteiger partial charge on any atom is 0.473 e. The summed E-state index contributed by atoms with van der Waals surface area (Å²) in [4.78, 5) is 11.6. The molecule has 0 aromatic carbocycles. The Bertz CT molecular complexity index is 116. The number of amides is 1. The van der Waals surface area contributed by atoms with Crippen molar-refractivity contribution in [3.05, 3.63) is 0 Å². The van der Waals surface area contributed by atoms with Crippen LogP contribution in [0.25, 0.3) is 0 Å². The van der Waals surface area contributed by atoms with E-state index in [2.05, 4.69) is 11.7 Å². The number of hydrogen-bond donors (Lipinski definition) is 0. The van der Waals surface area contributed by atoms with Crippen LogP contribution in [-0.2, 0) is 4.79 Å². The van der Waals surface area contributed by atoms with Crippen LogP contribution in [0.5, 0.6) is 0 Å². The molecule has 0 N–H and O–H groups in total. The molecule has 0 aliphatic carbocycles. The van der Waals surface area contributed by atoms with E-state index in [-0.39, 0.29) is 0 Å². The number of carbonyl (C=O) groups is 1. The van der Waals surface area contributed by atoms with Gasteiger partial charge in [-0.1, -0.05) is 0 Å². The van der Waals surface area contributed by atoms with Crippen molar-refractivity contribution in [3.63, 3.8) is 0 Å². The maximum atomic E-state index is 11.0. The summed E-state index contributed by atoms with van der Waals surface area (Å²) in [6, 6.07) is 0. The van der Waals surface area contributed by atoms with E-state index in [0.29, 0.717) is 0 Å². The van der Waals surface area contributed by atoms with Crippen LogP contribution >= 0.6 is 0 Å². The molecular formula is C3H2F3NO. The molecule has 5 heteroatoms. The van der Waals surface area contributed by atoms with Crippen molar-refractivity contribution in [2.45, 2.75) is 6.18 Å². The Kier molecular flexibility index (Phi) is 1.72. The summed E-state index contributed by atoms with van der Waals surface area (Å²) in [5.41, 5.74) is 0. The van der Waals surface area contributed by atoms with E-state index in [1.807, 2.05) is 0 Å². The molecule has 8 heavy (non-hydrogen) atoms. The first-order valence-electron chi connectivity index (χ1n) is 1.56. The molecule has 0 fully saturated rings. The Balaban J connectivity index is 4.02. The molecule has 0 aromatic heterocycles. The van der Waals surface area contributed by atoms with Crippen molar-refractivity contribution in [2.75, 3.05) is 0 Å². The van der Waals surface area contributed by atoms with E-state index < -0.39 is 12.1 Å². The van der Waals surface area contributed by atoms with Crippen LogP contribution < -0.4 is 0 Å². The standard InChI is InChI=1S/C3H2F3NO/c1-7-2(8)3(4,5)6/h1H2. The van der Waals surface area contributed by atoms with Gasteiger partial charge in [0.1, 0.15) is 0 Å². The molecule has 0 aromatic rings. The molecule has 0 rings (SSSR count). The van der Waals surface area contributed by atoms with Crippen LogP contribution in [0.15, 0.2) is 4.99 Å². The Morgan fingerprint density at radius 3 is 1.88 bits per heavy atom. The molecule has 0 spiro atoms. The lowest BCUT2D eigenvalue weighted by Gasteiger charge is -1.95. The summed E-state index contributed by atoms with van der Waals surface area (Å²) < 4.78 is 32.9. The first-order chi connectivity index (χ1) is 3.48. The first kappa shape index (κ1) is 7.13. The summed E-state index contributed by atoms with van der Waals surface area (Å²) in [5.74, 6) is -2.16. The summed E-state index contributed by atoms with van der Waals surface area (Å²) in [5, 5.41) is 0. The monoisotopic (exact) mass is 125 g/mol. The third-order valence-electron chi connectivity index (χ3n) is 0.386. The predicted molar refractivity (Wildman–Crippen MR) is 20.6 cm³/mol. The van der Waals surface area contributed by atoms with Gasteiger partial charge in [0.2, 0.25) is 0 Å². The van der Waals surface area contributed by atoms with Crippen LogP contribution in [0.4, 0.5) is 13.2 Å². The van der Waals surface area contributed by atoms with Gasteiger partial charge in [0.25, 0.3) is 0 Å². The van der Waals surface area contributed by atoms with Gasteiger partial charge in [-0.15, -0.1) is 0 Å². The average molecular weight is 125 g/mol. The van der Waals surface area contributed by atoms with Crippen molar-refractivity contribution < 1.29 is 18.0 Å². The van der Waals surface area contributed by atoms with Gasteiger partial charge in [-0.2, -0.15) is 13.2 Å². The van der Waals surface area contributed by atoms with E-state index in [4.69, 9.17) is 0 Å². The van der Waals surface area contributed by atoms with Crippen LogP contribution in [0.2, 0.25) is 0 Å². The molecule has 0 atom stereocenters. The minimum atomic E-state index is -4.86. The highest BCUT2D eigenvalue weighted by molar-refractivity contribution is 5.85. The first-order valence-corrected chi connectivity index (χ1v) is 1.56. The third-order valence-corrected chi connectivity index (χ3v) is 0.386. The van der Waals surface area contributed by atoms with Gasteiger partial charge in [0, 0.05) is 0 Å². The zero-order valence-corrected chi connectivity index (χ0v) is 3.70. The van der Waals surface area contributed by atoms with Crippen LogP contribution in [0.1, 0.15) is 0 Å². The lowest BCUT2D eigenvalue weighted by Crippen LogP contribution is -2.19. The highest BCUT2D eigenvalue weighted by Gasteiger charge is 2.37. The van der Waals surface area contributed by atoms with E-state index in [1.54, 1.807) is 0 Å². The summed E-state index contributed by atoms with van der Waals surface area (Å²) in [7, 11) is 0. The Morgan fingerprint density at radius 2 is 1.88 bits per heavy atom. The highest BCUT2D eigenvalue weighted by Crippen LogP contribution is 2.15. The molecule has 0 bridgehead atoms. The number of halogens is 3. The van der Waals surface area contributed by atoms with Crippen molar-refractivity contribution in [3.8, 4) is 0 Å². The Hall–Kier alpha value is -0.870. The molecule has 46 valence electrons. The zero-order valence-electron chi connectivity index (χ0n) is 3.70. The maximum absolute atomic E-state index is 11.0. The molecule has 0 heterocycles. The van der Waals surface area contributed by atoms with E-state index in [0.717, 1.165) is 0 Å². The molecule has 1 amide bonds.